The van der Waals surface area contributed by atoms with Crippen molar-refractivity contribution in [1.29, 1.82) is 0 Å². The van der Waals surface area contributed by atoms with Crippen molar-refractivity contribution in [3.05, 3.63) is 55.8 Å². The fourth-order valence-corrected chi connectivity index (χ4v) is 3.25. The Balaban J connectivity index is 2.36. The van der Waals surface area contributed by atoms with Gasteiger partial charge in [0.2, 0.25) is 0 Å². The van der Waals surface area contributed by atoms with E-state index in [2.05, 4.69) is 28.7 Å². The smallest absolute Gasteiger partial charge is 0.135 e. The third kappa shape index (κ3) is 2.44. The average Bonchev–Trinajstić information content (AvgIpc) is 2.76. The normalized spacial score (nSPS) is 11.2. The molecular formula is C15H10Cl2INO. The number of halogens is 3. The largest absolute Gasteiger partial charge is 0.459 e. The van der Waals surface area contributed by atoms with E-state index in [1.807, 2.05) is 24.3 Å². The lowest BCUT2D eigenvalue weighted by Crippen LogP contribution is -1.96. The molecule has 0 atom stereocenters. The van der Waals surface area contributed by atoms with Crippen molar-refractivity contribution < 1.29 is 4.42 Å². The van der Waals surface area contributed by atoms with Gasteiger partial charge in [-0.25, -0.2) is 0 Å². The molecule has 0 spiro atoms. The van der Waals surface area contributed by atoms with Crippen LogP contribution in [0.25, 0.3) is 22.1 Å². The molecule has 0 aliphatic carbocycles. The van der Waals surface area contributed by atoms with Gasteiger partial charge in [0.05, 0.1) is 11.6 Å². The first-order valence-electron chi connectivity index (χ1n) is 5.96. The number of fused-ring (bicyclic) bond motifs is 1. The summed E-state index contributed by atoms with van der Waals surface area (Å²) in [4.78, 5) is 0. The van der Waals surface area contributed by atoms with Gasteiger partial charge in [-0.15, -0.1) is 0 Å². The number of benzene rings is 2. The van der Waals surface area contributed by atoms with Crippen molar-refractivity contribution in [2.24, 2.45) is 5.73 Å². The fraction of sp³-hybridized carbons (Fsp3) is 0.0667. The molecule has 0 radical (unpaired) electrons. The minimum absolute atomic E-state index is 0.319. The van der Waals surface area contributed by atoms with Crippen LogP contribution in [0.15, 0.2) is 40.8 Å². The van der Waals surface area contributed by atoms with Gasteiger partial charge in [-0.1, -0.05) is 29.3 Å². The molecule has 0 bridgehead atoms. The highest BCUT2D eigenvalue weighted by molar-refractivity contribution is 14.1. The summed E-state index contributed by atoms with van der Waals surface area (Å²) in [5, 5.41) is 2.21. The topological polar surface area (TPSA) is 39.2 Å². The summed E-state index contributed by atoms with van der Waals surface area (Å²) in [6.45, 7) is 0.319. The molecule has 3 rings (SSSR count). The second kappa shape index (κ2) is 5.56. The zero-order valence-corrected chi connectivity index (χ0v) is 14.0. The van der Waals surface area contributed by atoms with E-state index in [1.54, 1.807) is 6.07 Å². The van der Waals surface area contributed by atoms with E-state index >= 15 is 0 Å². The number of furan rings is 1. The van der Waals surface area contributed by atoms with Gasteiger partial charge in [-0.2, -0.15) is 0 Å². The Morgan fingerprint density at radius 1 is 1.10 bits per heavy atom. The third-order valence-electron chi connectivity index (χ3n) is 3.11. The Kier molecular flexibility index (Phi) is 3.95. The minimum Gasteiger partial charge on any atom is -0.459 e. The van der Waals surface area contributed by atoms with Crippen LogP contribution in [0.3, 0.4) is 0 Å². The molecule has 1 heterocycles. The van der Waals surface area contributed by atoms with Gasteiger partial charge in [-0.3, -0.25) is 0 Å². The van der Waals surface area contributed by atoms with Crippen LogP contribution in [0.1, 0.15) is 5.76 Å². The van der Waals surface area contributed by atoms with Crippen LogP contribution in [-0.4, -0.2) is 0 Å². The molecule has 0 amide bonds. The molecule has 2 aromatic carbocycles. The molecule has 0 saturated heterocycles. The maximum atomic E-state index is 6.32. The van der Waals surface area contributed by atoms with Gasteiger partial charge in [0.1, 0.15) is 11.3 Å². The van der Waals surface area contributed by atoms with E-state index in [-0.39, 0.29) is 0 Å². The second-order valence-corrected chi connectivity index (χ2v) is 6.46. The van der Waals surface area contributed by atoms with Gasteiger partial charge < -0.3 is 10.2 Å². The first-order chi connectivity index (χ1) is 9.60. The predicted molar refractivity (Wildman–Crippen MR) is 92.3 cm³/mol. The van der Waals surface area contributed by atoms with Crippen LogP contribution in [0, 0.1) is 3.57 Å². The van der Waals surface area contributed by atoms with Crippen molar-refractivity contribution in [3.63, 3.8) is 0 Å². The highest BCUT2D eigenvalue weighted by Gasteiger charge is 2.17. The molecule has 3 aromatic rings. The van der Waals surface area contributed by atoms with Crippen molar-refractivity contribution in [3.8, 4) is 11.1 Å². The van der Waals surface area contributed by atoms with E-state index in [0.29, 0.717) is 16.6 Å². The molecule has 0 fully saturated rings. The first kappa shape index (κ1) is 14.2. The van der Waals surface area contributed by atoms with Crippen LogP contribution in [0.5, 0.6) is 0 Å². The molecule has 5 heteroatoms. The number of rotatable bonds is 2. The molecular weight excluding hydrogens is 408 g/mol. The molecule has 20 heavy (non-hydrogen) atoms. The highest BCUT2D eigenvalue weighted by Crippen LogP contribution is 2.39. The summed E-state index contributed by atoms with van der Waals surface area (Å²) in [5.74, 6) is 0.728. The van der Waals surface area contributed by atoms with Gasteiger partial charge >= 0.3 is 0 Å². The van der Waals surface area contributed by atoms with E-state index in [1.165, 1.54) is 0 Å². The zero-order chi connectivity index (χ0) is 14.3. The quantitative estimate of drug-likeness (QED) is 0.561. The van der Waals surface area contributed by atoms with Crippen molar-refractivity contribution in [2.45, 2.75) is 6.54 Å². The summed E-state index contributed by atoms with van der Waals surface area (Å²) in [5.41, 5.74) is 8.45. The first-order valence-corrected chi connectivity index (χ1v) is 7.80. The average molecular weight is 418 g/mol. The number of nitrogens with two attached hydrogens (primary N) is 1. The minimum atomic E-state index is 0.319. The SMILES string of the molecule is NCc1oc2ccc(I)cc2c1-c1ccc(Cl)cc1Cl. The molecule has 1 aromatic heterocycles. The summed E-state index contributed by atoms with van der Waals surface area (Å²) >= 11 is 14.6. The van der Waals surface area contributed by atoms with Crippen LogP contribution in [0.2, 0.25) is 10.0 Å². The number of hydrogen-bond acceptors (Lipinski definition) is 2. The summed E-state index contributed by atoms with van der Waals surface area (Å²) < 4.78 is 6.95. The lowest BCUT2D eigenvalue weighted by Gasteiger charge is -2.05. The molecule has 0 saturated carbocycles. The predicted octanol–water partition coefficient (Wildman–Crippen LogP) is 5.47. The summed E-state index contributed by atoms with van der Waals surface area (Å²) in [7, 11) is 0. The Morgan fingerprint density at radius 3 is 2.60 bits per heavy atom. The van der Waals surface area contributed by atoms with Crippen LogP contribution in [0.4, 0.5) is 0 Å². The van der Waals surface area contributed by atoms with Gasteiger partial charge in [0, 0.05) is 25.1 Å². The molecule has 0 aliphatic rings. The standard InChI is InChI=1S/C15H10Cl2INO/c16-8-1-3-10(12(17)5-8)15-11-6-9(18)2-4-13(11)20-14(15)7-19/h1-6H,7,19H2. The van der Waals surface area contributed by atoms with E-state index in [4.69, 9.17) is 33.4 Å². The van der Waals surface area contributed by atoms with Crippen molar-refractivity contribution in [1.82, 2.24) is 0 Å². The van der Waals surface area contributed by atoms with Gasteiger partial charge in [-0.05, 0) is 52.9 Å². The Hall–Kier alpha value is -0.750. The van der Waals surface area contributed by atoms with Crippen molar-refractivity contribution in [2.75, 3.05) is 0 Å². The Bertz CT molecular complexity index is 798. The van der Waals surface area contributed by atoms with Gasteiger partial charge in [0.15, 0.2) is 0 Å². The zero-order valence-electron chi connectivity index (χ0n) is 10.3. The molecule has 0 aliphatic heterocycles. The summed E-state index contributed by atoms with van der Waals surface area (Å²) in [6.07, 6.45) is 0. The second-order valence-electron chi connectivity index (χ2n) is 4.37. The van der Waals surface area contributed by atoms with E-state index in [9.17, 15) is 0 Å². The van der Waals surface area contributed by atoms with E-state index in [0.717, 1.165) is 31.4 Å². The van der Waals surface area contributed by atoms with Crippen LogP contribution >= 0.6 is 45.8 Å². The number of hydrogen-bond donors (Lipinski definition) is 1. The lowest BCUT2D eigenvalue weighted by atomic mass is 10.0. The Labute approximate surface area is 140 Å². The fourth-order valence-electron chi connectivity index (χ4n) is 2.25. The highest BCUT2D eigenvalue weighted by atomic mass is 127. The maximum absolute atomic E-state index is 6.32. The van der Waals surface area contributed by atoms with E-state index < -0.39 is 0 Å². The third-order valence-corrected chi connectivity index (χ3v) is 4.33. The molecule has 2 N–H and O–H groups in total. The Morgan fingerprint density at radius 2 is 1.90 bits per heavy atom. The van der Waals surface area contributed by atoms with Crippen molar-refractivity contribution >= 4 is 56.8 Å². The molecule has 2 nitrogen and oxygen atoms in total. The van der Waals surface area contributed by atoms with Gasteiger partial charge in [0.25, 0.3) is 0 Å². The lowest BCUT2D eigenvalue weighted by molar-refractivity contribution is 0.554. The monoisotopic (exact) mass is 417 g/mol. The molecule has 0 unspecified atom stereocenters. The molecule has 102 valence electrons. The maximum Gasteiger partial charge on any atom is 0.135 e. The van der Waals surface area contributed by atoms with Crippen LogP contribution < -0.4 is 5.73 Å². The summed E-state index contributed by atoms with van der Waals surface area (Å²) in [6, 6.07) is 11.5. The van der Waals surface area contributed by atoms with Crippen LogP contribution in [-0.2, 0) is 6.54 Å².